The third kappa shape index (κ3) is 5.22. The molecule has 0 atom stereocenters. The van der Waals surface area contributed by atoms with E-state index in [1.54, 1.807) is 0 Å². The van der Waals surface area contributed by atoms with Crippen molar-refractivity contribution in [3.05, 3.63) is 48.7 Å². The van der Waals surface area contributed by atoms with Crippen LogP contribution in [0.15, 0.2) is 48.7 Å². The number of rotatable bonds is 6. The van der Waals surface area contributed by atoms with Gasteiger partial charge in [-0.3, -0.25) is 4.98 Å². The normalized spacial score (nSPS) is 13.1. The Morgan fingerprint density at radius 3 is 1.75 bits per heavy atom. The van der Waals surface area contributed by atoms with Gasteiger partial charge < -0.3 is 8.23 Å². The first-order valence-corrected chi connectivity index (χ1v) is 17.5. The second-order valence-corrected chi connectivity index (χ2v) is 20.6. The molecule has 0 saturated carbocycles. The second kappa shape index (κ2) is 7.05. The molecule has 0 saturated heterocycles. The van der Waals surface area contributed by atoms with Crippen molar-refractivity contribution < 1.29 is 8.23 Å². The monoisotopic (exact) mass is 375 g/mol. The van der Waals surface area contributed by atoms with Gasteiger partial charge in [0.05, 0.1) is 5.69 Å². The van der Waals surface area contributed by atoms with Crippen molar-refractivity contribution in [1.29, 1.82) is 0 Å². The predicted molar refractivity (Wildman–Crippen MR) is 110 cm³/mol. The highest BCUT2D eigenvalue weighted by atomic mass is 28.5. The summed E-state index contributed by atoms with van der Waals surface area (Å²) in [6, 6.07) is 14.5. The van der Waals surface area contributed by atoms with Gasteiger partial charge in [-0.1, -0.05) is 30.3 Å². The lowest BCUT2D eigenvalue weighted by atomic mass is 10.1. The molecule has 0 aliphatic carbocycles. The van der Waals surface area contributed by atoms with Crippen molar-refractivity contribution in [2.75, 3.05) is 0 Å². The molecule has 0 bridgehead atoms. The lowest BCUT2D eigenvalue weighted by Crippen LogP contribution is -2.60. The Labute approximate surface area is 149 Å². The van der Waals surface area contributed by atoms with Crippen LogP contribution in [-0.2, 0) is 8.23 Å². The van der Waals surface area contributed by atoms with Crippen LogP contribution in [0.1, 0.15) is 0 Å². The lowest BCUT2D eigenvalue weighted by molar-refractivity contribution is 0.405. The Hall–Kier alpha value is -1.06. The highest BCUT2D eigenvalue weighted by Crippen LogP contribution is 2.25. The van der Waals surface area contributed by atoms with Crippen LogP contribution in [0.4, 0.5) is 0 Å². The second-order valence-electron chi connectivity index (χ2n) is 8.14. The van der Waals surface area contributed by atoms with Gasteiger partial charge in [-0.2, -0.15) is 0 Å². The molecule has 24 heavy (non-hydrogen) atoms. The van der Waals surface area contributed by atoms with E-state index in [0.29, 0.717) is 0 Å². The molecule has 3 nitrogen and oxygen atoms in total. The molecule has 1 aromatic carbocycles. The van der Waals surface area contributed by atoms with Gasteiger partial charge in [0.25, 0.3) is 0 Å². The summed E-state index contributed by atoms with van der Waals surface area (Å²) in [6.07, 6.45) is 1.84. The first kappa shape index (κ1) is 19.3. The van der Waals surface area contributed by atoms with Gasteiger partial charge in [0, 0.05) is 16.9 Å². The fourth-order valence-electron chi connectivity index (χ4n) is 2.92. The summed E-state index contributed by atoms with van der Waals surface area (Å²) in [5.74, 6) is 0. The summed E-state index contributed by atoms with van der Waals surface area (Å²) in [5, 5.41) is 1.19. The van der Waals surface area contributed by atoms with Crippen LogP contribution in [0.3, 0.4) is 0 Å². The molecule has 0 unspecified atom stereocenters. The molecular formula is C18H29NO2Si3. The Bertz CT molecular complexity index is 663. The van der Waals surface area contributed by atoms with Gasteiger partial charge in [-0.05, 0) is 58.0 Å². The lowest BCUT2D eigenvalue weighted by Gasteiger charge is -2.39. The Balaban J connectivity index is 2.59. The molecular weight excluding hydrogens is 346 g/mol. The van der Waals surface area contributed by atoms with Crippen LogP contribution < -0.4 is 5.19 Å². The van der Waals surface area contributed by atoms with Crippen LogP contribution in [-0.4, -0.2) is 30.2 Å². The summed E-state index contributed by atoms with van der Waals surface area (Å²) in [6.45, 7) is 15.6. The van der Waals surface area contributed by atoms with Crippen LogP contribution in [0.5, 0.6) is 0 Å². The molecule has 0 aliphatic rings. The smallest absolute Gasteiger partial charge is 0.349 e. The minimum absolute atomic E-state index is 0.977. The summed E-state index contributed by atoms with van der Waals surface area (Å²) in [7, 11) is -6.06. The maximum atomic E-state index is 6.71. The summed E-state index contributed by atoms with van der Waals surface area (Å²) in [4.78, 5) is 4.55. The number of aromatic nitrogens is 1. The molecule has 2 rings (SSSR count). The Morgan fingerprint density at radius 1 is 0.708 bits per heavy atom. The first-order valence-electron chi connectivity index (χ1n) is 8.41. The highest BCUT2D eigenvalue weighted by Gasteiger charge is 2.43. The van der Waals surface area contributed by atoms with Crippen LogP contribution >= 0.6 is 0 Å². The summed E-state index contributed by atoms with van der Waals surface area (Å²) >= 11 is 0. The number of pyridine rings is 1. The van der Waals surface area contributed by atoms with Crippen molar-refractivity contribution in [3.63, 3.8) is 0 Å². The molecule has 0 radical (unpaired) electrons. The predicted octanol–water partition coefficient (Wildman–Crippen LogP) is 4.73. The largest absolute Gasteiger partial charge is 0.433 e. The minimum Gasteiger partial charge on any atom is -0.433 e. The topological polar surface area (TPSA) is 31.4 Å². The van der Waals surface area contributed by atoms with Gasteiger partial charge in [-0.25, -0.2) is 0 Å². The zero-order chi connectivity index (χ0) is 18.0. The quantitative estimate of drug-likeness (QED) is 0.684. The number of hydrogen-bond acceptors (Lipinski definition) is 3. The summed E-state index contributed by atoms with van der Waals surface area (Å²) < 4.78 is 13.4. The maximum Gasteiger partial charge on any atom is 0.349 e. The van der Waals surface area contributed by atoms with Crippen molar-refractivity contribution in [2.24, 2.45) is 0 Å². The molecule has 0 spiro atoms. The van der Waals surface area contributed by atoms with E-state index < -0.39 is 25.2 Å². The maximum absolute atomic E-state index is 6.71. The molecule has 0 aliphatic heterocycles. The van der Waals surface area contributed by atoms with E-state index >= 15 is 0 Å². The average Bonchev–Trinajstić information content (AvgIpc) is 2.44. The molecule has 0 amide bonds. The molecule has 0 fully saturated rings. The van der Waals surface area contributed by atoms with Crippen molar-refractivity contribution in [3.8, 4) is 11.3 Å². The first-order chi connectivity index (χ1) is 11.0. The number of hydrogen-bond donors (Lipinski definition) is 0. The fourth-order valence-corrected chi connectivity index (χ4v) is 14.8. The van der Waals surface area contributed by atoms with Crippen LogP contribution in [0, 0.1) is 0 Å². The average molecular weight is 376 g/mol. The molecule has 2 aromatic rings. The van der Waals surface area contributed by atoms with Crippen molar-refractivity contribution in [2.45, 2.75) is 45.8 Å². The van der Waals surface area contributed by atoms with Gasteiger partial charge in [0.15, 0.2) is 16.6 Å². The Morgan fingerprint density at radius 2 is 1.25 bits per heavy atom. The fraction of sp³-hybridized carbons (Fsp3) is 0.389. The molecule has 0 N–H and O–H groups in total. The highest BCUT2D eigenvalue weighted by molar-refractivity contribution is 6.94. The SMILES string of the molecule is C[Si](C)(C)O[Si](C)(O[Si](C)(C)C)c1ccccc1-c1ccccn1. The summed E-state index contributed by atoms with van der Waals surface area (Å²) in [5.41, 5.74) is 2.11. The van der Waals surface area contributed by atoms with E-state index in [9.17, 15) is 0 Å². The van der Waals surface area contributed by atoms with E-state index in [4.69, 9.17) is 8.23 Å². The molecule has 130 valence electrons. The standard InChI is InChI=1S/C18H29NO2Si3/c1-22(2,3)20-24(7,21-23(4,5)6)18-14-9-8-12-16(18)17-13-10-11-15-19-17/h8-15H,1-7H3. The number of nitrogens with zero attached hydrogens (tertiary/aromatic N) is 1. The van der Waals surface area contributed by atoms with Gasteiger partial charge in [0.1, 0.15) is 0 Å². The van der Waals surface area contributed by atoms with Gasteiger partial charge >= 0.3 is 8.56 Å². The van der Waals surface area contributed by atoms with E-state index in [-0.39, 0.29) is 0 Å². The van der Waals surface area contributed by atoms with Gasteiger partial charge in [0.2, 0.25) is 0 Å². The molecule has 1 aromatic heterocycles. The Kier molecular flexibility index (Phi) is 5.66. The van der Waals surface area contributed by atoms with Crippen LogP contribution in [0.25, 0.3) is 11.3 Å². The van der Waals surface area contributed by atoms with E-state index in [2.05, 4.69) is 81.1 Å². The zero-order valence-electron chi connectivity index (χ0n) is 15.9. The van der Waals surface area contributed by atoms with E-state index in [0.717, 1.165) is 11.3 Å². The van der Waals surface area contributed by atoms with E-state index in [1.807, 2.05) is 18.3 Å². The zero-order valence-corrected chi connectivity index (χ0v) is 18.9. The van der Waals surface area contributed by atoms with E-state index in [1.165, 1.54) is 5.19 Å². The number of benzene rings is 1. The van der Waals surface area contributed by atoms with Crippen LogP contribution in [0.2, 0.25) is 45.8 Å². The third-order valence-corrected chi connectivity index (χ3v) is 12.8. The van der Waals surface area contributed by atoms with Crippen molar-refractivity contribution in [1.82, 2.24) is 4.98 Å². The molecule has 6 heteroatoms. The molecule has 1 heterocycles. The van der Waals surface area contributed by atoms with Gasteiger partial charge in [-0.15, -0.1) is 0 Å². The third-order valence-electron chi connectivity index (χ3n) is 3.36. The van der Waals surface area contributed by atoms with Crippen molar-refractivity contribution >= 4 is 30.4 Å². The minimum atomic E-state index is -2.54.